The molecule has 2 aromatic rings. The summed E-state index contributed by atoms with van der Waals surface area (Å²) in [5, 5.41) is 7.72. The van der Waals surface area contributed by atoms with Gasteiger partial charge < -0.3 is 10.6 Å². The molecule has 4 rings (SSSR count). The molecular formula is C25H31N3O2S. The van der Waals surface area contributed by atoms with Gasteiger partial charge in [0, 0.05) is 31.1 Å². The number of benzene rings is 1. The average Bonchev–Trinajstić information content (AvgIpc) is 3.34. The van der Waals surface area contributed by atoms with Crippen LogP contribution in [0.15, 0.2) is 53.4 Å². The Bertz CT molecular complexity index is 923. The highest BCUT2D eigenvalue weighted by atomic mass is 32.1. The molecule has 0 bridgehead atoms. The first-order valence-corrected chi connectivity index (χ1v) is 12.2. The lowest BCUT2D eigenvalue weighted by atomic mass is 9.97. The van der Waals surface area contributed by atoms with Crippen molar-refractivity contribution in [2.75, 3.05) is 19.6 Å². The van der Waals surface area contributed by atoms with Crippen LogP contribution in [0.25, 0.3) is 0 Å². The lowest BCUT2D eigenvalue weighted by Crippen LogP contribution is -2.45. The van der Waals surface area contributed by atoms with E-state index in [1.165, 1.54) is 34.4 Å². The highest BCUT2D eigenvalue weighted by Gasteiger charge is 2.26. The maximum Gasteiger partial charge on any atom is 0.309 e. The van der Waals surface area contributed by atoms with Crippen LogP contribution in [0.5, 0.6) is 0 Å². The van der Waals surface area contributed by atoms with Gasteiger partial charge in [-0.05, 0) is 61.1 Å². The highest BCUT2D eigenvalue weighted by molar-refractivity contribution is 7.10. The van der Waals surface area contributed by atoms with Gasteiger partial charge in [-0.3, -0.25) is 14.5 Å². The number of nitrogens with zero attached hydrogens (tertiary/aromatic N) is 1. The molecule has 5 nitrogen and oxygen atoms in total. The number of hydrogen-bond donors (Lipinski definition) is 2. The van der Waals surface area contributed by atoms with E-state index in [0.29, 0.717) is 13.1 Å². The van der Waals surface area contributed by atoms with Crippen molar-refractivity contribution in [3.63, 3.8) is 0 Å². The van der Waals surface area contributed by atoms with Crippen molar-refractivity contribution in [2.45, 2.75) is 51.1 Å². The van der Waals surface area contributed by atoms with Gasteiger partial charge in [-0.1, -0.05) is 42.0 Å². The zero-order valence-corrected chi connectivity index (χ0v) is 18.8. The molecule has 0 radical (unpaired) electrons. The molecule has 2 heterocycles. The van der Waals surface area contributed by atoms with Crippen LogP contribution in [-0.4, -0.2) is 36.3 Å². The summed E-state index contributed by atoms with van der Waals surface area (Å²) in [6.07, 6.45) is 8.85. The number of rotatable bonds is 7. The number of allylic oxidation sites excluding steroid dienone is 1. The largest absolute Gasteiger partial charge is 0.348 e. The van der Waals surface area contributed by atoms with Gasteiger partial charge in [0.1, 0.15) is 0 Å². The summed E-state index contributed by atoms with van der Waals surface area (Å²) < 4.78 is 0. The molecule has 0 spiro atoms. The summed E-state index contributed by atoms with van der Waals surface area (Å²) in [6, 6.07) is 12.8. The van der Waals surface area contributed by atoms with Crippen LogP contribution in [0.2, 0.25) is 0 Å². The van der Waals surface area contributed by atoms with Crippen LogP contribution in [0, 0.1) is 0 Å². The van der Waals surface area contributed by atoms with Crippen LogP contribution in [0.4, 0.5) is 0 Å². The fraction of sp³-hybridized carbons (Fsp3) is 0.440. The fourth-order valence-corrected chi connectivity index (χ4v) is 5.35. The molecular weight excluding hydrogens is 406 g/mol. The summed E-state index contributed by atoms with van der Waals surface area (Å²) in [7, 11) is 0. The number of amides is 2. The molecule has 6 heteroatoms. The molecule has 164 valence electrons. The molecule has 0 saturated heterocycles. The van der Waals surface area contributed by atoms with E-state index in [-0.39, 0.29) is 6.04 Å². The van der Waals surface area contributed by atoms with Crippen molar-refractivity contribution in [1.29, 1.82) is 0 Å². The van der Waals surface area contributed by atoms with Crippen molar-refractivity contribution >= 4 is 23.2 Å². The topological polar surface area (TPSA) is 61.4 Å². The third-order valence-corrected chi connectivity index (χ3v) is 7.22. The van der Waals surface area contributed by atoms with Crippen LogP contribution in [0.1, 0.15) is 54.1 Å². The predicted octanol–water partition coefficient (Wildman–Crippen LogP) is 3.97. The second-order valence-electron chi connectivity index (χ2n) is 8.34. The van der Waals surface area contributed by atoms with Crippen molar-refractivity contribution in [3.05, 3.63) is 69.4 Å². The van der Waals surface area contributed by atoms with Crippen molar-refractivity contribution in [2.24, 2.45) is 0 Å². The van der Waals surface area contributed by atoms with Gasteiger partial charge in [-0.15, -0.1) is 11.3 Å². The first kappa shape index (κ1) is 21.8. The minimum atomic E-state index is -0.545. The second kappa shape index (κ2) is 10.7. The lowest BCUT2D eigenvalue weighted by molar-refractivity contribution is -0.139. The molecule has 1 aromatic carbocycles. The van der Waals surface area contributed by atoms with E-state index < -0.39 is 11.8 Å². The van der Waals surface area contributed by atoms with Crippen molar-refractivity contribution in [3.8, 4) is 0 Å². The minimum Gasteiger partial charge on any atom is -0.348 e. The van der Waals surface area contributed by atoms with Crippen LogP contribution < -0.4 is 10.6 Å². The molecule has 2 N–H and O–H groups in total. The SMILES string of the molecule is O=C(NCCC1=CCCCC1)C(=O)NC[C@@H](c1cccs1)N1CCc2ccccc2C1. The van der Waals surface area contributed by atoms with Crippen LogP contribution in [-0.2, 0) is 22.6 Å². The highest BCUT2D eigenvalue weighted by Crippen LogP contribution is 2.30. The number of nitrogens with one attached hydrogen (secondary N) is 2. The van der Waals surface area contributed by atoms with Crippen molar-refractivity contribution < 1.29 is 9.59 Å². The Hall–Kier alpha value is -2.44. The summed E-state index contributed by atoms with van der Waals surface area (Å²) >= 11 is 1.70. The maximum atomic E-state index is 12.4. The molecule has 1 aliphatic carbocycles. The first-order chi connectivity index (χ1) is 15.2. The molecule has 1 aliphatic heterocycles. The van der Waals surface area contributed by atoms with Gasteiger partial charge in [-0.25, -0.2) is 0 Å². The fourth-order valence-electron chi connectivity index (χ4n) is 4.49. The quantitative estimate of drug-likeness (QED) is 0.509. The lowest BCUT2D eigenvalue weighted by Gasteiger charge is -2.35. The Balaban J connectivity index is 1.31. The Labute approximate surface area is 188 Å². The summed E-state index contributed by atoms with van der Waals surface area (Å²) in [5.74, 6) is -1.08. The minimum absolute atomic E-state index is 0.0671. The summed E-state index contributed by atoms with van der Waals surface area (Å²) in [5.41, 5.74) is 4.15. The Morgan fingerprint density at radius 1 is 1.00 bits per heavy atom. The number of fused-ring (bicyclic) bond motifs is 1. The maximum absolute atomic E-state index is 12.4. The zero-order chi connectivity index (χ0) is 21.5. The summed E-state index contributed by atoms with van der Waals surface area (Å²) in [4.78, 5) is 28.3. The molecule has 31 heavy (non-hydrogen) atoms. The van der Waals surface area contributed by atoms with Gasteiger partial charge in [0.25, 0.3) is 0 Å². The second-order valence-corrected chi connectivity index (χ2v) is 9.32. The van der Waals surface area contributed by atoms with E-state index in [4.69, 9.17) is 0 Å². The van der Waals surface area contributed by atoms with E-state index in [0.717, 1.165) is 38.8 Å². The molecule has 2 amide bonds. The normalized spacial score (nSPS) is 17.4. The van der Waals surface area contributed by atoms with E-state index in [1.807, 2.05) is 6.07 Å². The molecule has 0 saturated carbocycles. The zero-order valence-electron chi connectivity index (χ0n) is 17.9. The van der Waals surface area contributed by atoms with E-state index in [2.05, 4.69) is 57.3 Å². The van der Waals surface area contributed by atoms with Gasteiger partial charge in [0.05, 0.1) is 6.04 Å². The van der Waals surface area contributed by atoms with Crippen molar-refractivity contribution in [1.82, 2.24) is 15.5 Å². The number of hydrogen-bond acceptors (Lipinski definition) is 4. The number of carbonyl (C=O) groups is 2. The monoisotopic (exact) mass is 437 g/mol. The average molecular weight is 438 g/mol. The smallest absolute Gasteiger partial charge is 0.309 e. The molecule has 1 aromatic heterocycles. The molecule has 1 atom stereocenters. The van der Waals surface area contributed by atoms with Gasteiger partial charge >= 0.3 is 11.8 Å². The van der Waals surface area contributed by atoms with Gasteiger partial charge in [0.15, 0.2) is 0 Å². The van der Waals surface area contributed by atoms with Gasteiger partial charge in [-0.2, -0.15) is 0 Å². The van der Waals surface area contributed by atoms with Gasteiger partial charge in [0.2, 0.25) is 0 Å². The third kappa shape index (κ3) is 5.83. The van der Waals surface area contributed by atoms with E-state index in [1.54, 1.807) is 11.3 Å². The standard InChI is InChI=1S/C25H31N3O2S/c29-24(26-14-12-19-7-2-1-3-8-19)25(30)27-17-22(23-11-6-16-31-23)28-15-13-20-9-4-5-10-21(20)18-28/h4-7,9-11,16,22H,1-3,8,12-15,17-18H2,(H,26,29)(H,27,30)/t22-/m0/s1. The number of carbonyl (C=O) groups excluding carboxylic acids is 2. The van der Waals surface area contributed by atoms with E-state index in [9.17, 15) is 9.59 Å². The Morgan fingerprint density at radius 2 is 1.84 bits per heavy atom. The Morgan fingerprint density at radius 3 is 2.61 bits per heavy atom. The molecule has 2 aliphatic rings. The summed E-state index contributed by atoms with van der Waals surface area (Å²) in [6.45, 7) is 2.75. The Kier molecular flexibility index (Phi) is 7.54. The first-order valence-electron chi connectivity index (χ1n) is 11.3. The van der Waals surface area contributed by atoms with E-state index >= 15 is 0 Å². The molecule has 0 unspecified atom stereocenters. The number of thiophene rings is 1. The van der Waals surface area contributed by atoms with Crippen LogP contribution in [0.3, 0.4) is 0 Å². The third-order valence-electron chi connectivity index (χ3n) is 6.25. The molecule has 0 fully saturated rings. The van der Waals surface area contributed by atoms with Crippen LogP contribution >= 0.6 is 11.3 Å². The predicted molar refractivity (Wildman–Crippen MR) is 125 cm³/mol.